The van der Waals surface area contributed by atoms with Gasteiger partial charge < -0.3 is 5.32 Å². The molecular formula is C10H20ClN. The summed E-state index contributed by atoms with van der Waals surface area (Å²) in [7, 11) is 0. The summed E-state index contributed by atoms with van der Waals surface area (Å²) in [6.07, 6.45) is 9.78. The molecule has 2 heteroatoms. The number of halogens is 1. The molecule has 1 fully saturated rings. The van der Waals surface area contributed by atoms with Gasteiger partial charge >= 0.3 is 0 Å². The zero-order valence-electron chi connectivity index (χ0n) is 8.05. The van der Waals surface area contributed by atoms with Crippen molar-refractivity contribution in [2.45, 2.75) is 51.6 Å². The van der Waals surface area contributed by atoms with Crippen molar-refractivity contribution in [2.24, 2.45) is 0 Å². The fraction of sp³-hybridized carbons (Fsp3) is 0.800. The van der Waals surface area contributed by atoms with Crippen LogP contribution in [0.5, 0.6) is 0 Å². The first kappa shape index (κ1) is 12.0. The molecule has 0 spiro atoms. The van der Waals surface area contributed by atoms with Gasteiger partial charge in [-0.2, -0.15) is 0 Å². The van der Waals surface area contributed by atoms with Crippen LogP contribution in [0.15, 0.2) is 12.2 Å². The molecule has 0 saturated carbocycles. The maximum absolute atomic E-state index is 3.56. The Hall–Kier alpha value is -0.0100. The van der Waals surface area contributed by atoms with Gasteiger partial charge in [-0.3, -0.25) is 0 Å². The third kappa shape index (κ3) is 4.13. The second kappa shape index (κ2) is 6.50. The van der Waals surface area contributed by atoms with Gasteiger partial charge in [0, 0.05) is 12.1 Å². The molecule has 1 aliphatic rings. The number of nitrogens with one attached hydrogen (secondary N) is 1. The Morgan fingerprint density at radius 1 is 1.42 bits per heavy atom. The van der Waals surface area contributed by atoms with E-state index in [-0.39, 0.29) is 12.4 Å². The van der Waals surface area contributed by atoms with E-state index in [2.05, 4.69) is 31.3 Å². The van der Waals surface area contributed by atoms with Crippen LogP contribution in [-0.4, -0.2) is 12.1 Å². The summed E-state index contributed by atoms with van der Waals surface area (Å²) in [5, 5.41) is 3.56. The molecule has 1 rings (SSSR count). The van der Waals surface area contributed by atoms with Gasteiger partial charge in [0.15, 0.2) is 0 Å². The average molecular weight is 190 g/mol. The highest BCUT2D eigenvalue weighted by Gasteiger charge is 2.14. The van der Waals surface area contributed by atoms with Gasteiger partial charge in [-0.05, 0) is 26.2 Å². The third-order valence-electron chi connectivity index (χ3n) is 2.25. The summed E-state index contributed by atoms with van der Waals surface area (Å²) < 4.78 is 0. The summed E-state index contributed by atoms with van der Waals surface area (Å²) >= 11 is 0. The van der Waals surface area contributed by atoms with E-state index in [4.69, 9.17) is 0 Å². The van der Waals surface area contributed by atoms with Crippen LogP contribution in [0, 0.1) is 0 Å². The molecular weight excluding hydrogens is 170 g/mol. The highest BCUT2D eigenvalue weighted by atomic mass is 35.5. The highest BCUT2D eigenvalue weighted by Crippen LogP contribution is 2.12. The van der Waals surface area contributed by atoms with Gasteiger partial charge in [-0.25, -0.2) is 0 Å². The second-order valence-electron chi connectivity index (χ2n) is 3.44. The summed E-state index contributed by atoms with van der Waals surface area (Å²) in [5.74, 6) is 0. The minimum atomic E-state index is 0. The van der Waals surface area contributed by atoms with Gasteiger partial charge in [0.2, 0.25) is 0 Å². The summed E-state index contributed by atoms with van der Waals surface area (Å²) in [6, 6.07) is 1.37. The van der Waals surface area contributed by atoms with E-state index in [9.17, 15) is 0 Å². The predicted octanol–water partition coefficient (Wildman–Crippen LogP) is 2.91. The van der Waals surface area contributed by atoms with Gasteiger partial charge in [-0.1, -0.05) is 25.5 Å². The zero-order chi connectivity index (χ0) is 8.10. The Bertz CT molecular complexity index is 134. The molecule has 0 bridgehead atoms. The molecule has 72 valence electrons. The molecule has 12 heavy (non-hydrogen) atoms. The van der Waals surface area contributed by atoms with Crippen molar-refractivity contribution in [3.05, 3.63) is 12.2 Å². The van der Waals surface area contributed by atoms with E-state index in [1.54, 1.807) is 0 Å². The Kier molecular flexibility index (Phi) is 6.49. The predicted molar refractivity (Wildman–Crippen MR) is 56.9 cm³/mol. The molecule has 0 amide bonds. The van der Waals surface area contributed by atoms with Gasteiger partial charge in [-0.15, -0.1) is 12.4 Å². The Balaban J connectivity index is 0.00000121. The van der Waals surface area contributed by atoms with Gasteiger partial charge in [0.1, 0.15) is 0 Å². The number of piperidine rings is 1. The molecule has 0 aromatic rings. The zero-order valence-corrected chi connectivity index (χ0v) is 8.86. The van der Waals surface area contributed by atoms with E-state index >= 15 is 0 Å². The molecule has 1 aliphatic heterocycles. The monoisotopic (exact) mass is 189 g/mol. The topological polar surface area (TPSA) is 12.0 Å². The van der Waals surface area contributed by atoms with Crippen molar-refractivity contribution in [1.82, 2.24) is 5.32 Å². The molecule has 0 unspecified atom stereocenters. The first-order valence-corrected chi connectivity index (χ1v) is 4.75. The summed E-state index contributed by atoms with van der Waals surface area (Å²) in [6.45, 7) is 4.45. The lowest BCUT2D eigenvalue weighted by Gasteiger charge is -2.26. The van der Waals surface area contributed by atoms with Crippen molar-refractivity contribution in [2.75, 3.05) is 0 Å². The van der Waals surface area contributed by atoms with E-state index < -0.39 is 0 Å². The van der Waals surface area contributed by atoms with Crippen LogP contribution in [0.2, 0.25) is 0 Å². The largest absolute Gasteiger partial charge is 0.308 e. The fourth-order valence-corrected chi connectivity index (χ4v) is 1.63. The van der Waals surface area contributed by atoms with Crippen molar-refractivity contribution < 1.29 is 0 Å². The van der Waals surface area contributed by atoms with E-state index in [0.29, 0.717) is 6.04 Å². The van der Waals surface area contributed by atoms with Crippen LogP contribution in [0.4, 0.5) is 0 Å². The quantitative estimate of drug-likeness (QED) is 0.659. The third-order valence-corrected chi connectivity index (χ3v) is 2.25. The van der Waals surface area contributed by atoms with Crippen molar-refractivity contribution in [3.63, 3.8) is 0 Å². The van der Waals surface area contributed by atoms with E-state index in [1.807, 2.05) is 0 Å². The van der Waals surface area contributed by atoms with Gasteiger partial charge in [0.05, 0.1) is 0 Å². The van der Waals surface area contributed by atoms with Crippen LogP contribution in [0.3, 0.4) is 0 Å². The number of hydrogen-bond acceptors (Lipinski definition) is 1. The summed E-state index contributed by atoms with van der Waals surface area (Å²) in [5.41, 5.74) is 0. The van der Waals surface area contributed by atoms with E-state index in [1.165, 1.54) is 19.3 Å². The molecule has 0 aromatic carbocycles. The van der Waals surface area contributed by atoms with Crippen LogP contribution >= 0.6 is 12.4 Å². The Labute approximate surface area is 82.0 Å². The molecule has 1 saturated heterocycles. The maximum atomic E-state index is 3.56. The first-order valence-electron chi connectivity index (χ1n) is 4.75. The number of hydrogen-bond donors (Lipinski definition) is 1. The Morgan fingerprint density at radius 2 is 2.17 bits per heavy atom. The standard InChI is InChI=1S/C10H19N.ClH/c1-3-4-7-10-8-5-6-9(2)11-10;/h4,7,9-11H,3,5-6,8H2,1-2H3;1H/t9-,10-;/m0./s1. The molecule has 2 atom stereocenters. The molecule has 1 heterocycles. The number of rotatable bonds is 2. The van der Waals surface area contributed by atoms with Crippen LogP contribution in [0.25, 0.3) is 0 Å². The van der Waals surface area contributed by atoms with Crippen molar-refractivity contribution in [1.29, 1.82) is 0 Å². The van der Waals surface area contributed by atoms with Crippen LogP contribution < -0.4 is 5.32 Å². The smallest absolute Gasteiger partial charge is 0.0252 e. The lowest BCUT2D eigenvalue weighted by atomic mass is 9.99. The molecule has 0 aliphatic carbocycles. The van der Waals surface area contributed by atoms with Crippen molar-refractivity contribution in [3.8, 4) is 0 Å². The fourth-order valence-electron chi connectivity index (χ4n) is 1.63. The highest BCUT2D eigenvalue weighted by molar-refractivity contribution is 5.85. The lowest BCUT2D eigenvalue weighted by Crippen LogP contribution is -2.39. The van der Waals surface area contributed by atoms with E-state index in [0.717, 1.165) is 12.5 Å². The Morgan fingerprint density at radius 3 is 2.75 bits per heavy atom. The molecule has 0 aromatic heterocycles. The SMILES string of the molecule is CCC=C[C@H]1CCC[C@H](C)N1.Cl. The summed E-state index contributed by atoms with van der Waals surface area (Å²) in [4.78, 5) is 0. The minimum Gasteiger partial charge on any atom is -0.308 e. The molecule has 1 nitrogen and oxygen atoms in total. The van der Waals surface area contributed by atoms with Gasteiger partial charge in [0.25, 0.3) is 0 Å². The molecule has 0 radical (unpaired) electrons. The first-order chi connectivity index (χ1) is 5.33. The van der Waals surface area contributed by atoms with Crippen molar-refractivity contribution >= 4 is 12.4 Å². The lowest BCUT2D eigenvalue weighted by molar-refractivity contribution is 0.374. The number of allylic oxidation sites excluding steroid dienone is 1. The maximum Gasteiger partial charge on any atom is 0.0252 e. The van der Waals surface area contributed by atoms with Crippen LogP contribution in [-0.2, 0) is 0 Å². The molecule has 1 N–H and O–H groups in total. The van der Waals surface area contributed by atoms with Crippen LogP contribution in [0.1, 0.15) is 39.5 Å². The second-order valence-corrected chi connectivity index (χ2v) is 3.44. The minimum absolute atomic E-state index is 0. The normalized spacial score (nSPS) is 30.2. The average Bonchev–Trinajstić information content (AvgIpc) is 2.01.